The topological polar surface area (TPSA) is 63.7 Å². The zero-order chi connectivity index (χ0) is 19.4. The molecule has 3 rings (SSSR count). The Hall–Kier alpha value is -2.64. The first kappa shape index (κ1) is 19.1. The molecule has 0 unspecified atom stereocenters. The van der Waals surface area contributed by atoms with Crippen LogP contribution in [-0.2, 0) is 21.3 Å². The van der Waals surface area contributed by atoms with Crippen LogP contribution in [0.25, 0.3) is 0 Å². The lowest BCUT2D eigenvalue weighted by Crippen LogP contribution is -2.31. The van der Waals surface area contributed by atoms with Crippen LogP contribution in [0.3, 0.4) is 0 Å². The van der Waals surface area contributed by atoms with E-state index in [4.69, 9.17) is 4.74 Å². The van der Waals surface area contributed by atoms with E-state index in [0.29, 0.717) is 5.69 Å². The predicted octanol–water partition coefficient (Wildman–Crippen LogP) is 4.24. The lowest BCUT2D eigenvalue weighted by Gasteiger charge is -2.25. The average molecular weight is 402 g/mol. The Morgan fingerprint density at radius 2 is 1.81 bits per heavy atom. The minimum atomic E-state index is -3.97. The zero-order valence-electron chi connectivity index (χ0n) is 15.0. The summed E-state index contributed by atoms with van der Waals surface area (Å²) in [4.78, 5) is 12.0. The quantitative estimate of drug-likeness (QED) is 0.580. The SMILES string of the molecule is COC(=O)c1sccc1S(=O)(=O)N(Cc1ccccc1)c1cccc(C)c1. The fourth-order valence-corrected chi connectivity index (χ4v) is 5.46. The summed E-state index contributed by atoms with van der Waals surface area (Å²) in [5, 5.41) is 1.58. The minimum absolute atomic E-state index is 0.0446. The molecule has 0 aliphatic carbocycles. The van der Waals surface area contributed by atoms with Gasteiger partial charge in [0.05, 0.1) is 19.3 Å². The highest BCUT2D eigenvalue weighted by Gasteiger charge is 2.31. The van der Waals surface area contributed by atoms with Gasteiger partial charge in [0, 0.05) is 0 Å². The van der Waals surface area contributed by atoms with E-state index in [1.807, 2.05) is 55.5 Å². The molecule has 0 spiro atoms. The number of rotatable bonds is 6. The van der Waals surface area contributed by atoms with Gasteiger partial charge in [-0.05, 0) is 41.6 Å². The first-order valence-electron chi connectivity index (χ1n) is 8.22. The first-order chi connectivity index (χ1) is 12.9. The maximum atomic E-state index is 13.5. The Kier molecular flexibility index (Phi) is 5.62. The Morgan fingerprint density at radius 1 is 1.07 bits per heavy atom. The number of carbonyl (C=O) groups is 1. The van der Waals surface area contributed by atoms with Gasteiger partial charge >= 0.3 is 5.97 Å². The third kappa shape index (κ3) is 4.04. The average Bonchev–Trinajstić information content (AvgIpc) is 3.17. The van der Waals surface area contributed by atoms with Crippen LogP contribution < -0.4 is 4.31 Å². The van der Waals surface area contributed by atoms with Gasteiger partial charge in [0.2, 0.25) is 0 Å². The van der Waals surface area contributed by atoms with E-state index in [2.05, 4.69) is 0 Å². The molecule has 0 aliphatic rings. The summed E-state index contributed by atoms with van der Waals surface area (Å²) in [5.41, 5.74) is 2.33. The molecular formula is C20H19NO4S2. The second-order valence-electron chi connectivity index (χ2n) is 5.94. The summed E-state index contributed by atoms with van der Waals surface area (Å²) in [6.07, 6.45) is 0. The second-order valence-corrected chi connectivity index (χ2v) is 8.69. The second kappa shape index (κ2) is 7.94. The Labute approximate surface area is 162 Å². The molecule has 0 saturated heterocycles. The van der Waals surface area contributed by atoms with Crippen LogP contribution in [0.15, 0.2) is 70.9 Å². The zero-order valence-corrected chi connectivity index (χ0v) is 16.6. The number of esters is 1. The van der Waals surface area contributed by atoms with E-state index >= 15 is 0 Å². The van der Waals surface area contributed by atoms with Crippen LogP contribution in [0.2, 0.25) is 0 Å². The van der Waals surface area contributed by atoms with Crippen LogP contribution in [0.4, 0.5) is 5.69 Å². The molecule has 0 bridgehead atoms. The van der Waals surface area contributed by atoms with Gasteiger partial charge in [-0.25, -0.2) is 13.2 Å². The standard InChI is InChI=1S/C20H19NO4S2/c1-15-7-6-10-17(13-15)21(14-16-8-4-3-5-9-16)27(23,24)18-11-12-26-19(18)20(22)25-2/h3-13H,14H2,1-2H3. The molecule has 7 heteroatoms. The molecule has 1 heterocycles. The number of anilines is 1. The van der Waals surface area contributed by atoms with Gasteiger partial charge in [-0.3, -0.25) is 4.31 Å². The minimum Gasteiger partial charge on any atom is -0.465 e. The predicted molar refractivity (Wildman–Crippen MR) is 107 cm³/mol. The van der Waals surface area contributed by atoms with Crippen LogP contribution in [0.1, 0.15) is 20.8 Å². The Bertz CT molecular complexity index is 1040. The number of methoxy groups -OCH3 is 1. The highest BCUT2D eigenvalue weighted by atomic mass is 32.2. The lowest BCUT2D eigenvalue weighted by atomic mass is 10.2. The van der Waals surface area contributed by atoms with Crippen molar-refractivity contribution in [3.8, 4) is 0 Å². The Balaban J connectivity index is 2.12. The van der Waals surface area contributed by atoms with Crippen LogP contribution >= 0.6 is 11.3 Å². The molecule has 27 heavy (non-hydrogen) atoms. The molecule has 0 radical (unpaired) electrons. The number of thiophene rings is 1. The molecule has 0 fully saturated rings. The van der Waals surface area contributed by atoms with E-state index in [1.54, 1.807) is 11.4 Å². The highest BCUT2D eigenvalue weighted by molar-refractivity contribution is 7.93. The van der Waals surface area contributed by atoms with Gasteiger partial charge in [-0.2, -0.15) is 0 Å². The van der Waals surface area contributed by atoms with Gasteiger partial charge in [-0.15, -0.1) is 11.3 Å². The molecule has 0 amide bonds. The number of sulfonamides is 1. The van der Waals surface area contributed by atoms with Crippen molar-refractivity contribution in [3.63, 3.8) is 0 Å². The fraction of sp³-hybridized carbons (Fsp3) is 0.150. The third-order valence-electron chi connectivity index (χ3n) is 4.03. The summed E-state index contributed by atoms with van der Waals surface area (Å²) in [7, 11) is -2.73. The van der Waals surface area contributed by atoms with Crippen LogP contribution in [-0.4, -0.2) is 21.5 Å². The summed E-state index contributed by atoms with van der Waals surface area (Å²) in [6.45, 7) is 2.06. The smallest absolute Gasteiger partial charge is 0.349 e. The molecule has 5 nitrogen and oxygen atoms in total. The van der Waals surface area contributed by atoms with Gasteiger partial charge in [0.25, 0.3) is 10.0 Å². The fourth-order valence-electron chi connectivity index (χ4n) is 2.71. The van der Waals surface area contributed by atoms with Crippen molar-refractivity contribution in [1.29, 1.82) is 0 Å². The van der Waals surface area contributed by atoms with Crippen molar-refractivity contribution in [2.45, 2.75) is 18.4 Å². The molecule has 1 aromatic heterocycles. The number of ether oxygens (including phenoxy) is 1. The highest BCUT2D eigenvalue weighted by Crippen LogP contribution is 2.31. The summed E-state index contributed by atoms with van der Waals surface area (Å²) < 4.78 is 33.0. The van der Waals surface area contributed by atoms with Gasteiger partial charge < -0.3 is 4.74 Å². The monoisotopic (exact) mass is 401 g/mol. The van der Waals surface area contributed by atoms with E-state index in [1.165, 1.54) is 17.5 Å². The molecule has 0 aliphatic heterocycles. The van der Waals surface area contributed by atoms with E-state index in [9.17, 15) is 13.2 Å². The number of hydrogen-bond donors (Lipinski definition) is 0. The molecule has 140 valence electrons. The number of aryl methyl sites for hydroxylation is 1. The number of nitrogens with zero attached hydrogens (tertiary/aromatic N) is 1. The van der Waals surface area contributed by atoms with Crippen molar-refractivity contribution in [1.82, 2.24) is 0 Å². The van der Waals surface area contributed by atoms with Crippen LogP contribution in [0.5, 0.6) is 0 Å². The summed E-state index contributed by atoms with van der Waals surface area (Å²) >= 11 is 1.05. The maximum absolute atomic E-state index is 13.5. The van der Waals surface area contributed by atoms with E-state index in [0.717, 1.165) is 22.5 Å². The van der Waals surface area contributed by atoms with Gasteiger partial charge in [0.15, 0.2) is 0 Å². The first-order valence-corrected chi connectivity index (χ1v) is 10.5. The molecule has 2 aromatic carbocycles. The number of carbonyl (C=O) groups excluding carboxylic acids is 1. The maximum Gasteiger partial charge on any atom is 0.349 e. The third-order valence-corrected chi connectivity index (χ3v) is 6.87. The van der Waals surface area contributed by atoms with Crippen molar-refractivity contribution >= 4 is 33.0 Å². The van der Waals surface area contributed by atoms with Crippen molar-refractivity contribution in [2.24, 2.45) is 0 Å². The number of benzene rings is 2. The molecule has 0 saturated carbocycles. The van der Waals surface area contributed by atoms with Crippen molar-refractivity contribution in [3.05, 3.63) is 82.0 Å². The van der Waals surface area contributed by atoms with E-state index in [-0.39, 0.29) is 16.3 Å². The molecule has 3 aromatic rings. The normalized spacial score (nSPS) is 11.2. The number of hydrogen-bond acceptors (Lipinski definition) is 5. The molecule has 0 N–H and O–H groups in total. The summed E-state index contributed by atoms with van der Waals surface area (Å²) in [5.74, 6) is -0.660. The van der Waals surface area contributed by atoms with Crippen molar-refractivity contribution in [2.75, 3.05) is 11.4 Å². The Morgan fingerprint density at radius 3 is 2.48 bits per heavy atom. The van der Waals surface area contributed by atoms with Crippen molar-refractivity contribution < 1.29 is 17.9 Å². The van der Waals surface area contributed by atoms with Crippen LogP contribution in [0, 0.1) is 6.92 Å². The lowest BCUT2D eigenvalue weighted by molar-refractivity contribution is 0.0602. The summed E-state index contributed by atoms with van der Waals surface area (Å²) in [6, 6.07) is 18.1. The van der Waals surface area contributed by atoms with E-state index < -0.39 is 16.0 Å². The van der Waals surface area contributed by atoms with Gasteiger partial charge in [0.1, 0.15) is 9.77 Å². The molecule has 0 atom stereocenters. The molecular weight excluding hydrogens is 382 g/mol. The van der Waals surface area contributed by atoms with Gasteiger partial charge in [-0.1, -0.05) is 42.5 Å². The largest absolute Gasteiger partial charge is 0.465 e.